The predicted molar refractivity (Wildman–Crippen MR) is 69.3 cm³/mol. The molecular formula is C13H6ClFN2O3. The van der Waals surface area contributed by atoms with Gasteiger partial charge in [0, 0.05) is 12.1 Å². The van der Waals surface area contributed by atoms with Crippen molar-refractivity contribution in [2.45, 2.75) is 0 Å². The molecule has 0 aliphatic heterocycles. The fraction of sp³-hybridized carbons (Fsp3) is 0. The van der Waals surface area contributed by atoms with E-state index in [2.05, 4.69) is 0 Å². The van der Waals surface area contributed by atoms with Gasteiger partial charge in [0.1, 0.15) is 23.2 Å². The standard InChI is InChI=1S/C13H6ClFN2O3/c14-10-2-1-3-12(9(10)7-16)20-13-6-8(15)4-5-11(13)17(18)19/h1-6H. The van der Waals surface area contributed by atoms with Crippen LogP contribution < -0.4 is 4.74 Å². The maximum Gasteiger partial charge on any atom is 0.311 e. The van der Waals surface area contributed by atoms with Crippen molar-refractivity contribution in [2.75, 3.05) is 0 Å². The highest BCUT2D eigenvalue weighted by atomic mass is 35.5. The molecule has 20 heavy (non-hydrogen) atoms. The molecule has 7 heteroatoms. The van der Waals surface area contributed by atoms with E-state index in [1.807, 2.05) is 6.07 Å². The van der Waals surface area contributed by atoms with Crippen molar-refractivity contribution < 1.29 is 14.1 Å². The van der Waals surface area contributed by atoms with Gasteiger partial charge in [-0.05, 0) is 18.2 Å². The van der Waals surface area contributed by atoms with Gasteiger partial charge in [0.15, 0.2) is 0 Å². The molecule has 0 aromatic heterocycles. The van der Waals surface area contributed by atoms with Crippen LogP contribution in [0.2, 0.25) is 5.02 Å². The zero-order valence-electron chi connectivity index (χ0n) is 9.84. The third-order valence-electron chi connectivity index (χ3n) is 2.43. The van der Waals surface area contributed by atoms with Crippen molar-refractivity contribution in [1.29, 1.82) is 5.26 Å². The molecule has 0 aliphatic rings. The number of nitriles is 1. The molecule has 0 bridgehead atoms. The number of hydrogen-bond donors (Lipinski definition) is 0. The van der Waals surface area contributed by atoms with Crippen molar-refractivity contribution >= 4 is 17.3 Å². The van der Waals surface area contributed by atoms with E-state index in [1.54, 1.807) is 0 Å². The Morgan fingerprint density at radius 1 is 1.30 bits per heavy atom. The first-order chi connectivity index (χ1) is 9.52. The van der Waals surface area contributed by atoms with E-state index in [0.29, 0.717) is 0 Å². The van der Waals surface area contributed by atoms with Crippen LogP contribution in [0.25, 0.3) is 0 Å². The molecule has 0 atom stereocenters. The lowest BCUT2D eigenvalue weighted by Crippen LogP contribution is -1.95. The Balaban J connectivity index is 2.51. The largest absolute Gasteiger partial charge is 0.449 e. The summed E-state index contributed by atoms with van der Waals surface area (Å²) in [5.41, 5.74) is -0.386. The van der Waals surface area contributed by atoms with Crippen molar-refractivity contribution in [3.8, 4) is 17.6 Å². The van der Waals surface area contributed by atoms with Gasteiger partial charge in [0.2, 0.25) is 5.75 Å². The number of nitrogens with zero attached hydrogens (tertiary/aromatic N) is 2. The number of nitro groups is 1. The molecular weight excluding hydrogens is 287 g/mol. The molecule has 0 fully saturated rings. The maximum absolute atomic E-state index is 13.2. The molecule has 2 aromatic carbocycles. The first kappa shape index (κ1) is 13.8. The summed E-state index contributed by atoms with van der Waals surface area (Å²) in [4.78, 5) is 10.2. The summed E-state index contributed by atoms with van der Waals surface area (Å²) in [6.45, 7) is 0. The number of nitro benzene ring substituents is 1. The predicted octanol–water partition coefficient (Wildman–Crippen LogP) is 4.05. The number of halogens is 2. The van der Waals surface area contributed by atoms with Gasteiger partial charge in [-0.25, -0.2) is 4.39 Å². The fourth-order valence-corrected chi connectivity index (χ4v) is 1.75. The summed E-state index contributed by atoms with van der Waals surface area (Å²) in [7, 11) is 0. The van der Waals surface area contributed by atoms with E-state index >= 15 is 0 Å². The monoisotopic (exact) mass is 292 g/mol. The number of rotatable bonds is 3. The van der Waals surface area contributed by atoms with Crippen LogP contribution >= 0.6 is 11.6 Å². The highest BCUT2D eigenvalue weighted by Gasteiger charge is 2.18. The number of benzene rings is 2. The minimum Gasteiger partial charge on any atom is -0.449 e. The highest BCUT2D eigenvalue weighted by Crippen LogP contribution is 2.35. The Hall–Kier alpha value is -2.65. The Morgan fingerprint density at radius 3 is 2.70 bits per heavy atom. The number of hydrogen-bond acceptors (Lipinski definition) is 4. The third kappa shape index (κ3) is 2.68. The lowest BCUT2D eigenvalue weighted by molar-refractivity contribution is -0.385. The average Bonchev–Trinajstić information content (AvgIpc) is 2.38. The molecule has 2 aromatic rings. The van der Waals surface area contributed by atoms with E-state index in [0.717, 1.165) is 18.2 Å². The third-order valence-corrected chi connectivity index (χ3v) is 2.74. The molecule has 0 radical (unpaired) electrons. The van der Waals surface area contributed by atoms with Crippen LogP contribution in [0.15, 0.2) is 36.4 Å². The molecule has 0 aliphatic carbocycles. The normalized spacial score (nSPS) is 9.85. The van der Waals surface area contributed by atoms with Gasteiger partial charge in [-0.1, -0.05) is 17.7 Å². The van der Waals surface area contributed by atoms with Gasteiger partial charge in [0.25, 0.3) is 0 Å². The lowest BCUT2D eigenvalue weighted by atomic mass is 10.2. The molecule has 0 saturated heterocycles. The van der Waals surface area contributed by atoms with Crippen molar-refractivity contribution in [2.24, 2.45) is 0 Å². The second kappa shape index (κ2) is 5.55. The minimum absolute atomic E-state index is 0.0210. The molecule has 100 valence electrons. The average molecular weight is 293 g/mol. The van der Waals surface area contributed by atoms with Crippen LogP contribution in [0.1, 0.15) is 5.56 Å². The molecule has 0 spiro atoms. The smallest absolute Gasteiger partial charge is 0.311 e. The molecule has 0 unspecified atom stereocenters. The molecule has 2 rings (SSSR count). The Kier molecular flexibility index (Phi) is 3.82. The Bertz CT molecular complexity index is 728. The SMILES string of the molecule is N#Cc1c(Cl)cccc1Oc1cc(F)ccc1[N+](=O)[O-]. The minimum atomic E-state index is -0.703. The van der Waals surface area contributed by atoms with Crippen LogP contribution in [-0.4, -0.2) is 4.92 Å². The summed E-state index contributed by atoms with van der Waals surface area (Å²) < 4.78 is 18.4. The van der Waals surface area contributed by atoms with E-state index < -0.39 is 16.4 Å². The van der Waals surface area contributed by atoms with Gasteiger partial charge in [-0.15, -0.1) is 0 Å². The van der Waals surface area contributed by atoms with Gasteiger partial charge >= 0.3 is 5.69 Å². The first-order valence-corrected chi connectivity index (χ1v) is 5.71. The summed E-state index contributed by atoms with van der Waals surface area (Å²) in [5, 5.41) is 20.0. The molecule has 0 amide bonds. The van der Waals surface area contributed by atoms with E-state index in [-0.39, 0.29) is 22.1 Å². The first-order valence-electron chi connectivity index (χ1n) is 5.33. The summed E-state index contributed by atoms with van der Waals surface area (Å²) in [6, 6.07) is 9.05. The van der Waals surface area contributed by atoms with Crippen LogP contribution in [-0.2, 0) is 0 Å². The summed E-state index contributed by atoms with van der Waals surface area (Å²) in [6.07, 6.45) is 0. The highest BCUT2D eigenvalue weighted by molar-refractivity contribution is 6.31. The van der Waals surface area contributed by atoms with Gasteiger partial charge in [0.05, 0.1) is 9.95 Å². The number of ether oxygens (including phenoxy) is 1. The van der Waals surface area contributed by atoms with Crippen molar-refractivity contribution in [3.63, 3.8) is 0 Å². The van der Waals surface area contributed by atoms with Crippen LogP contribution in [0.3, 0.4) is 0 Å². The molecule has 0 N–H and O–H groups in total. The zero-order chi connectivity index (χ0) is 14.7. The van der Waals surface area contributed by atoms with Crippen LogP contribution in [0.4, 0.5) is 10.1 Å². The summed E-state index contributed by atoms with van der Waals surface area (Å²) >= 11 is 5.82. The van der Waals surface area contributed by atoms with Crippen LogP contribution in [0.5, 0.6) is 11.5 Å². The van der Waals surface area contributed by atoms with E-state index in [1.165, 1.54) is 18.2 Å². The Labute approximate surface area is 117 Å². The van der Waals surface area contributed by atoms with E-state index in [4.69, 9.17) is 21.6 Å². The molecule has 5 nitrogen and oxygen atoms in total. The molecule has 0 saturated carbocycles. The second-order valence-electron chi connectivity index (χ2n) is 3.70. The lowest BCUT2D eigenvalue weighted by Gasteiger charge is -2.08. The van der Waals surface area contributed by atoms with Crippen molar-refractivity contribution in [3.05, 3.63) is 62.9 Å². The van der Waals surface area contributed by atoms with E-state index in [9.17, 15) is 14.5 Å². The topological polar surface area (TPSA) is 76.2 Å². The fourth-order valence-electron chi connectivity index (χ4n) is 1.54. The quantitative estimate of drug-likeness (QED) is 0.631. The zero-order valence-corrected chi connectivity index (χ0v) is 10.6. The summed E-state index contributed by atoms with van der Waals surface area (Å²) in [5.74, 6) is -0.964. The Morgan fingerprint density at radius 2 is 2.05 bits per heavy atom. The van der Waals surface area contributed by atoms with Gasteiger partial charge in [-0.2, -0.15) is 5.26 Å². The van der Waals surface area contributed by atoms with Crippen LogP contribution in [0, 0.1) is 27.3 Å². The second-order valence-corrected chi connectivity index (χ2v) is 4.10. The van der Waals surface area contributed by atoms with Gasteiger partial charge in [-0.3, -0.25) is 10.1 Å². The van der Waals surface area contributed by atoms with Crippen molar-refractivity contribution in [1.82, 2.24) is 0 Å². The maximum atomic E-state index is 13.2. The van der Waals surface area contributed by atoms with Gasteiger partial charge < -0.3 is 4.74 Å². The molecule has 0 heterocycles.